The van der Waals surface area contributed by atoms with E-state index in [0.717, 1.165) is 0 Å². The van der Waals surface area contributed by atoms with Gasteiger partial charge >= 0.3 is 40.5 Å². The van der Waals surface area contributed by atoms with Crippen LogP contribution in [0.5, 0.6) is 0 Å². The van der Waals surface area contributed by atoms with Crippen molar-refractivity contribution in [3.63, 3.8) is 0 Å². The topological polar surface area (TPSA) is 81.7 Å². The van der Waals surface area contributed by atoms with E-state index in [4.69, 9.17) is 30.4 Å². The van der Waals surface area contributed by atoms with E-state index in [1.165, 1.54) is 0 Å². The minimum Gasteiger partial charge on any atom is -0.462 e. The van der Waals surface area contributed by atoms with Crippen molar-refractivity contribution in [2.24, 2.45) is 0 Å². The van der Waals surface area contributed by atoms with Crippen LogP contribution in [0.4, 0.5) is 0 Å². The second-order valence-corrected chi connectivity index (χ2v) is 21.8. The van der Waals surface area contributed by atoms with E-state index in [1.807, 2.05) is 39.3 Å². The van der Waals surface area contributed by atoms with E-state index in [0.29, 0.717) is 18.0 Å². The molecule has 0 aromatic carbocycles. The van der Waals surface area contributed by atoms with Crippen LogP contribution in [0.1, 0.15) is 13.3 Å². The van der Waals surface area contributed by atoms with Crippen molar-refractivity contribution in [3.05, 3.63) is 12.2 Å². The Hall–Kier alpha value is -0.162. The summed E-state index contributed by atoms with van der Waals surface area (Å²) in [6, 6.07) is 0.504. The first-order chi connectivity index (χ1) is 12.6. The third-order valence-corrected chi connectivity index (χ3v) is 18.0. The molecule has 28 heavy (non-hydrogen) atoms. The highest BCUT2D eigenvalue weighted by Crippen LogP contribution is 2.27. The lowest BCUT2D eigenvalue weighted by atomic mass is 10.4. The highest BCUT2D eigenvalue weighted by molar-refractivity contribution is 6.87. The molecule has 0 radical (unpaired) electrons. The van der Waals surface area contributed by atoms with Crippen LogP contribution < -0.4 is 0 Å². The number of ether oxygens (including phenoxy) is 1. The molecule has 8 nitrogen and oxygen atoms in total. The molecule has 0 atom stereocenters. The molecule has 0 bridgehead atoms. The van der Waals surface area contributed by atoms with Crippen molar-refractivity contribution in [1.82, 2.24) is 0 Å². The highest BCUT2D eigenvalue weighted by atomic mass is 28.5. The van der Waals surface area contributed by atoms with E-state index in [2.05, 4.69) is 6.58 Å². The number of hydrogen-bond donors (Lipinski definition) is 0. The van der Waals surface area contributed by atoms with Crippen LogP contribution in [0.25, 0.3) is 0 Å². The van der Waals surface area contributed by atoms with Gasteiger partial charge in [-0.2, -0.15) is 0 Å². The van der Waals surface area contributed by atoms with Gasteiger partial charge in [-0.3, -0.25) is 0 Å². The molecule has 0 fully saturated rings. The van der Waals surface area contributed by atoms with Crippen molar-refractivity contribution in [2.75, 3.05) is 27.9 Å². The van der Waals surface area contributed by atoms with Crippen molar-refractivity contribution in [3.8, 4) is 0 Å². The molecule has 0 aliphatic heterocycles. The average Bonchev–Trinajstić information content (AvgIpc) is 2.55. The quantitative estimate of drug-likeness (QED) is 0.165. The summed E-state index contributed by atoms with van der Waals surface area (Å²) in [6.07, 6.45) is 0.554. The fraction of sp³-hybridized carbons (Fsp3) is 0.812. The van der Waals surface area contributed by atoms with Gasteiger partial charge in [-0.25, -0.2) is 4.79 Å². The van der Waals surface area contributed by atoms with Crippen molar-refractivity contribution >= 4 is 40.5 Å². The van der Waals surface area contributed by atoms with Gasteiger partial charge in [0.1, 0.15) is 0 Å². The summed E-state index contributed by atoms with van der Waals surface area (Å²) in [6.45, 7) is 17.3. The number of hydrogen-bond acceptors (Lipinski definition) is 8. The van der Waals surface area contributed by atoms with Crippen LogP contribution in [0.3, 0.4) is 0 Å². The maximum atomic E-state index is 11.5. The lowest BCUT2D eigenvalue weighted by Gasteiger charge is -2.40. The Kier molecular flexibility index (Phi) is 11.2. The summed E-state index contributed by atoms with van der Waals surface area (Å²) >= 11 is 0. The second kappa shape index (κ2) is 11.3. The van der Waals surface area contributed by atoms with E-state index in [1.54, 1.807) is 28.3 Å². The molecule has 0 saturated heterocycles. The van der Waals surface area contributed by atoms with E-state index >= 15 is 0 Å². The van der Waals surface area contributed by atoms with Crippen LogP contribution in [-0.4, -0.2) is 68.4 Å². The maximum absolute atomic E-state index is 11.5. The van der Waals surface area contributed by atoms with Gasteiger partial charge in [0.15, 0.2) is 0 Å². The predicted octanol–water partition coefficient (Wildman–Crippen LogP) is 3.53. The molecular weight excluding hydrogens is 433 g/mol. The smallest absolute Gasteiger partial charge is 0.462 e. The van der Waals surface area contributed by atoms with Crippen LogP contribution in [-0.2, 0) is 35.2 Å². The molecule has 12 heteroatoms. The normalized spacial score (nSPS) is 13.5. The largest absolute Gasteiger partial charge is 0.491 e. The monoisotopic (exact) mass is 470 g/mol. The zero-order valence-electron chi connectivity index (χ0n) is 19.1. The number of carbonyl (C=O) groups excluding carboxylic acids is 1. The highest BCUT2D eigenvalue weighted by Gasteiger charge is 2.49. The average molecular weight is 471 g/mol. The molecule has 0 aliphatic carbocycles. The molecule has 0 aliphatic rings. The van der Waals surface area contributed by atoms with Gasteiger partial charge in [-0.15, -0.1) is 0 Å². The van der Waals surface area contributed by atoms with Gasteiger partial charge in [0.2, 0.25) is 0 Å². The Morgan fingerprint density at radius 3 is 1.68 bits per heavy atom. The van der Waals surface area contributed by atoms with Gasteiger partial charge in [0, 0.05) is 32.9 Å². The number of esters is 1. The molecule has 0 N–H and O–H groups in total. The first-order valence-corrected chi connectivity index (χ1v) is 19.6. The summed E-state index contributed by atoms with van der Waals surface area (Å²) in [5.74, 6) is -0.407. The molecular formula is C16H38O8Si4. The van der Waals surface area contributed by atoms with Gasteiger partial charge in [-0.1, -0.05) is 6.58 Å². The van der Waals surface area contributed by atoms with E-state index in [9.17, 15) is 4.79 Å². The van der Waals surface area contributed by atoms with E-state index < -0.39 is 40.5 Å². The van der Waals surface area contributed by atoms with Crippen LogP contribution in [0, 0.1) is 0 Å². The zero-order valence-corrected chi connectivity index (χ0v) is 23.1. The third-order valence-electron chi connectivity index (χ3n) is 3.71. The van der Waals surface area contributed by atoms with Gasteiger partial charge in [-0.05, 0) is 52.6 Å². The number of rotatable bonds is 14. The Morgan fingerprint density at radius 2 is 1.25 bits per heavy atom. The minimum absolute atomic E-state index is 0.246. The molecule has 0 spiro atoms. The van der Waals surface area contributed by atoms with E-state index in [-0.39, 0.29) is 6.61 Å². The fourth-order valence-electron chi connectivity index (χ4n) is 2.64. The number of carbonyl (C=O) groups is 1. The molecule has 0 heterocycles. The molecule has 0 amide bonds. The Labute approximate surface area is 174 Å². The Morgan fingerprint density at radius 1 is 0.786 bits per heavy atom. The third kappa shape index (κ3) is 10.6. The second-order valence-electron chi connectivity index (χ2n) is 7.82. The standard InChI is InChI=1S/C16H38O8Si4/c1-15(2)16(17)21-13-12-14-28(19-4,20-5)24-27(10,11)23-26(8,9)22-25(6,7)18-3/h1,12-14H2,2-11H3. The molecule has 0 saturated carbocycles. The first-order valence-electron chi connectivity index (χ1n) is 9.22. The molecule has 0 aromatic heterocycles. The summed E-state index contributed by atoms with van der Waals surface area (Å²) in [4.78, 5) is 11.5. The lowest BCUT2D eigenvalue weighted by Crippen LogP contribution is -2.59. The Balaban J connectivity index is 4.98. The lowest BCUT2D eigenvalue weighted by molar-refractivity contribution is -0.139. The summed E-state index contributed by atoms with van der Waals surface area (Å²) < 4.78 is 40.9. The maximum Gasteiger partial charge on any atom is 0.491 e. The minimum atomic E-state index is -2.98. The summed E-state index contributed by atoms with van der Waals surface area (Å²) in [7, 11) is -5.53. The van der Waals surface area contributed by atoms with Gasteiger partial charge in [0.25, 0.3) is 0 Å². The summed E-state index contributed by atoms with van der Waals surface area (Å²) in [5, 5.41) is 0. The fourth-order valence-corrected chi connectivity index (χ4v) is 18.8. The molecule has 0 unspecified atom stereocenters. The molecule has 166 valence electrons. The van der Waals surface area contributed by atoms with Crippen LogP contribution >= 0.6 is 0 Å². The molecule has 0 aromatic rings. The van der Waals surface area contributed by atoms with Crippen molar-refractivity contribution < 1.29 is 35.2 Å². The SMILES string of the molecule is C=C(C)C(=O)OCCC[Si](OC)(OC)O[Si](C)(C)O[Si](C)(C)O[Si](C)(C)OC. The van der Waals surface area contributed by atoms with Crippen LogP contribution in [0.2, 0.25) is 45.3 Å². The first kappa shape index (κ1) is 27.8. The van der Waals surface area contributed by atoms with Crippen LogP contribution in [0.15, 0.2) is 12.2 Å². The Bertz CT molecular complexity index is 521. The summed E-state index contributed by atoms with van der Waals surface area (Å²) in [5.41, 5.74) is 0.370. The van der Waals surface area contributed by atoms with Crippen molar-refractivity contribution in [2.45, 2.75) is 58.7 Å². The van der Waals surface area contributed by atoms with Gasteiger partial charge < -0.3 is 30.4 Å². The predicted molar refractivity (Wildman–Crippen MR) is 118 cm³/mol. The molecule has 0 rings (SSSR count). The van der Waals surface area contributed by atoms with Crippen molar-refractivity contribution in [1.29, 1.82) is 0 Å². The zero-order chi connectivity index (χ0) is 22.2. The van der Waals surface area contributed by atoms with Gasteiger partial charge in [0.05, 0.1) is 6.61 Å².